The zero-order valence-corrected chi connectivity index (χ0v) is 15.3. The van der Waals surface area contributed by atoms with Crippen LogP contribution in [-0.2, 0) is 20.9 Å². The molecule has 2 saturated heterocycles. The zero-order chi connectivity index (χ0) is 19.6. The first-order chi connectivity index (χ1) is 12.9. The fraction of sp³-hybridized carbons (Fsp3) is 0.588. The molecule has 2 N–H and O–H groups in total. The molecule has 0 radical (unpaired) electrons. The van der Waals surface area contributed by atoms with Crippen LogP contribution in [0, 0.1) is 0 Å². The minimum Gasteiger partial charge on any atom is -0.453 e. The lowest BCUT2D eigenvalue weighted by molar-refractivity contribution is -0.170. The maximum atomic E-state index is 13.0. The van der Waals surface area contributed by atoms with Gasteiger partial charge >= 0.3 is 6.09 Å². The Balaban J connectivity index is 1.72. The Morgan fingerprint density at radius 2 is 2.11 bits per heavy atom. The van der Waals surface area contributed by atoms with Crippen molar-refractivity contribution in [1.82, 2.24) is 25.1 Å². The van der Waals surface area contributed by atoms with E-state index in [0.717, 1.165) is 0 Å². The van der Waals surface area contributed by atoms with E-state index >= 15 is 0 Å². The highest BCUT2D eigenvalue weighted by Crippen LogP contribution is 2.40. The van der Waals surface area contributed by atoms with E-state index in [0.29, 0.717) is 31.8 Å². The highest BCUT2D eigenvalue weighted by atomic mass is 16.5. The van der Waals surface area contributed by atoms with Gasteiger partial charge < -0.3 is 25.0 Å². The van der Waals surface area contributed by atoms with E-state index in [1.54, 1.807) is 23.4 Å². The highest BCUT2D eigenvalue weighted by molar-refractivity contribution is 5.99. The van der Waals surface area contributed by atoms with Crippen molar-refractivity contribution in [3.05, 3.63) is 24.3 Å². The summed E-state index contributed by atoms with van der Waals surface area (Å²) in [7, 11) is 1.18. The number of rotatable bonds is 5. The summed E-state index contributed by atoms with van der Waals surface area (Å²) in [6.45, 7) is 2.46. The van der Waals surface area contributed by atoms with Crippen LogP contribution in [0.5, 0.6) is 0 Å². The predicted molar refractivity (Wildman–Crippen MR) is 92.1 cm³/mol. The van der Waals surface area contributed by atoms with Crippen LogP contribution < -0.4 is 5.32 Å². The summed E-state index contributed by atoms with van der Waals surface area (Å²) in [4.78, 5) is 48.7. The van der Waals surface area contributed by atoms with Crippen LogP contribution in [0.3, 0.4) is 0 Å². The quantitative estimate of drug-likeness (QED) is 0.649. The second-order valence-corrected chi connectivity index (χ2v) is 6.81. The van der Waals surface area contributed by atoms with E-state index in [1.165, 1.54) is 18.9 Å². The van der Waals surface area contributed by atoms with Gasteiger partial charge in [0, 0.05) is 18.9 Å². The van der Waals surface area contributed by atoms with Gasteiger partial charge in [0.05, 0.1) is 26.3 Å². The van der Waals surface area contributed by atoms with Gasteiger partial charge in [-0.15, -0.1) is 0 Å². The van der Waals surface area contributed by atoms with Crippen molar-refractivity contribution in [2.24, 2.45) is 0 Å². The molecule has 1 aromatic rings. The van der Waals surface area contributed by atoms with Gasteiger partial charge in [0.15, 0.2) is 0 Å². The van der Waals surface area contributed by atoms with Crippen LogP contribution in [0.4, 0.5) is 4.79 Å². The van der Waals surface area contributed by atoms with Gasteiger partial charge in [-0.1, -0.05) is 0 Å². The normalized spacial score (nSPS) is 23.7. The van der Waals surface area contributed by atoms with E-state index in [4.69, 9.17) is 0 Å². The van der Waals surface area contributed by atoms with E-state index in [2.05, 4.69) is 20.0 Å². The maximum Gasteiger partial charge on any atom is 0.407 e. The van der Waals surface area contributed by atoms with Crippen molar-refractivity contribution >= 4 is 17.9 Å². The summed E-state index contributed by atoms with van der Waals surface area (Å²) in [5, 5.41) is 12.3. The molecule has 2 aliphatic heterocycles. The van der Waals surface area contributed by atoms with E-state index in [-0.39, 0.29) is 12.5 Å². The third kappa shape index (κ3) is 3.44. The average Bonchev–Trinajstić information content (AvgIpc) is 3.12. The number of hydrogen-bond donors (Lipinski definition) is 2. The minimum absolute atomic E-state index is 0.164. The third-order valence-electron chi connectivity index (χ3n) is 5.05. The largest absolute Gasteiger partial charge is 0.453 e. The minimum atomic E-state index is -1.17. The van der Waals surface area contributed by atoms with Crippen LogP contribution in [0.25, 0.3) is 0 Å². The summed E-state index contributed by atoms with van der Waals surface area (Å²) in [6, 6.07) is 0.525. The van der Waals surface area contributed by atoms with Gasteiger partial charge in [-0.05, 0) is 25.8 Å². The lowest BCUT2D eigenvalue weighted by Crippen LogP contribution is -2.74. The number of aliphatic hydroxyl groups excluding tert-OH is 1. The van der Waals surface area contributed by atoms with Gasteiger partial charge in [0.1, 0.15) is 17.4 Å². The van der Waals surface area contributed by atoms with Crippen LogP contribution in [0.15, 0.2) is 18.5 Å². The molecule has 3 heterocycles. The Labute approximate surface area is 156 Å². The van der Waals surface area contributed by atoms with Gasteiger partial charge in [-0.25, -0.2) is 14.8 Å². The topological polar surface area (TPSA) is 125 Å². The van der Waals surface area contributed by atoms with Gasteiger partial charge in [0.2, 0.25) is 5.91 Å². The summed E-state index contributed by atoms with van der Waals surface area (Å²) >= 11 is 0. The number of hydrogen-bond acceptors (Lipinski definition) is 7. The molecule has 1 aromatic heterocycles. The lowest BCUT2D eigenvalue weighted by atomic mass is 9.85. The lowest BCUT2D eigenvalue weighted by Gasteiger charge is -2.51. The molecule has 0 bridgehead atoms. The van der Waals surface area contributed by atoms with Crippen LogP contribution in [0.1, 0.15) is 25.6 Å². The molecule has 3 amide bonds. The molecule has 2 aliphatic rings. The summed E-state index contributed by atoms with van der Waals surface area (Å²) in [5.41, 5.74) is -0.920. The van der Waals surface area contributed by atoms with E-state index in [9.17, 15) is 19.5 Å². The number of likely N-dealkylation sites (tertiary alicyclic amines) is 2. The number of β-lactam (4-membered cyclic amide) rings is 1. The number of methoxy groups -OCH3 is 1. The maximum absolute atomic E-state index is 13.0. The van der Waals surface area contributed by atoms with E-state index in [1.807, 2.05) is 0 Å². The van der Waals surface area contributed by atoms with Crippen LogP contribution in [-0.4, -0.2) is 80.7 Å². The Morgan fingerprint density at radius 1 is 1.41 bits per heavy atom. The molecule has 146 valence electrons. The average molecular weight is 377 g/mol. The number of ether oxygens (including phenoxy) is 1. The van der Waals surface area contributed by atoms with Crippen molar-refractivity contribution in [2.45, 2.75) is 44.0 Å². The number of alkyl carbamates (subject to hydrolysis) is 1. The molecule has 10 heteroatoms. The zero-order valence-electron chi connectivity index (χ0n) is 15.3. The van der Waals surface area contributed by atoms with Gasteiger partial charge in [-0.2, -0.15) is 0 Å². The standard InChI is InChI=1S/C17H23N5O5/c1-11(23)13(20-16(26)27-2)14(24)22-8-3-5-17(22)10-21(15(17)25)9-12-18-6-4-7-19-12/h4,6-7,11,13,23H,3,5,8-10H2,1-2H3,(H,20,26). The number of carbonyl (C=O) groups excluding carboxylic acids is 3. The van der Waals surface area contributed by atoms with Crippen LogP contribution in [0.2, 0.25) is 0 Å². The Hall–Kier alpha value is -2.75. The fourth-order valence-electron chi connectivity index (χ4n) is 3.70. The number of amides is 3. The van der Waals surface area contributed by atoms with Gasteiger partial charge in [-0.3, -0.25) is 9.59 Å². The number of nitrogens with zero attached hydrogens (tertiary/aromatic N) is 4. The first kappa shape index (κ1) is 19.0. The molecule has 0 aromatic carbocycles. The Morgan fingerprint density at radius 3 is 2.70 bits per heavy atom. The summed E-state index contributed by atoms with van der Waals surface area (Å²) in [6.07, 6.45) is 2.51. The number of carbonyl (C=O) groups is 3. The molecule has 3 unspecified atom stereocenters. The number of nitrogens with one attached hydrogen (secondary N) is 1. The predicted octanol–water partition coefficient (Wildman–Crippen LogP) is -0.715. The molecule has 3 rings (SSSR count). The summed E-state index contributed by atoms with van der Waals surface area (Å²) in [5.74, 6) is -0.120. The first-order valence-electron chi connectivity index (χ1n) is 8.78. The molecule has 0 aliphatic carbocycles. The molecule has 1 spiro atoms. The smallest absolute Gasteiger partial charge is 0.407 e. The van der Waals surface area contributed by atoms with Crippen LogP contribution >= 0.6 is 0 Å². The molecule has 27 heavy (non-hydrogen) atoms. The number of aliphatic hydroxyl groups is 1. The SMILES string of the molecule is COC(=O)NC(C(=O)N1CCCC12CN(Cc1ncccn1)C2=O)C(C)O. The second-order valence-electron chi connectivity index (χ2n) is 6.81. The van der Waals surface area contributed by atoms with Crippen molar-refractivity contribution in [2.75, 3.05) is 20.2 Å². The first-order valence-corrected chi connectivity index (χ1v) is 8.78. The third-order valence-corrected chi connectivity index (χ3v) is 5.05. The molecule has 0 saturated carbocycles. The van der Waals surface area contributed by atoms with E-state index < -0.39 is 29.7 Å². The second kappa shape index (κ2) is 7.47. The Bertz CT molecular complexity index is 728. The monoisotopic (exact) mass is 377 g/mol. The van der Waals surface area contributed by atoms with Crippen molar-refractivity contribution < 1.29 is 24.2 Å². The molecule has 2 fully saturated rings. The Kier molecular flexibility index (Phi) is 5.26. The molecule has 3 atom stereocenters. The van der Waals surface area contributed by atoms with Crippen molar-refractivity contribution in [1.29, 1.82) is 0 Å². The molecule has 10 nitrogen and oxygen atoms in total. The van der Waals surface area contributed by atoms with Crippen molar-refractivity contribution in [3.63, 3.8) is 0 Å². The highest BCUT2D eigenvalue weighted by Gasteiger charge is 2.60. The number of aromatic nitrogens is 2. The fourth-order valence-corrected chi connectivity index (χ4v) is 3.70. The van der Waals surface area contributed by atoms with Crippen molar-refractivity contribution in [3.8, 4) is 0 Å². The van der Waals surface area contributed by atoms with Gasteiger partial charge in [0.25, 0.3) is 5.91 Å². The molecular weight excluding hydrogens is 354 g/mol. The molecular formula is C17H23N5O5. The summed E-state index contributed by atoms with van der Waals surface area (Å²) < 4.78 is 4.52.